The summed E-state index contributed by atoms with van der Waals surface area (Å²) in [4.78, 5) is 41.7. The summed E-state index contributed by atoms with van der Waals surface area (Å²) in [5, 5.41) is 3.38. The standard InChI is InChI=1S/C27H33N3O4/c1-27(2,3)34-26(33)19-10-8-18(9-11-19)16-23(31)25-21-6-5-7-22(20(21)12-13-28-25)30-15-14-29(4)24(32)17-30/h5-11,25,28H,12-17H2,1-4H3. The van der Waals surface area contributed by atoms with Gasteiger partial charge in [0.05, 0.1) is 18.2 Å². The van der Waals surface area contributed by atoms with Crippen LogP contribution >= 0.6 is 0 Å². The molecule has 0 aliphatic carbocycles. The minimum absolute atomic E-state index is 0.0811. The van der Waals surface area contributed by atoms with Crippen molar-refractivity contribution >= 4 is 23.3 Å². The molecule has 0 radical (unpaired) electrons. The molecule has 0 spiro atoms. The van der Waals surface area contributed by atoms with Crippen LogP contribution < -0.4 is 10.2 Å². The van der Waals surface area contributed by atoms with E-state index in [1.54, 1.807) is 17.0 Å². The molecular weight excluding hydrogens is 430 g/mol. The average Bonchev–Trinajstić information content (AvgIpc) is 2.79. The Balaban J connectivity index is 1.49. The minimum atomic E-state index is -0.554. The molecule has 1 amide bonds. The first-order chi connectivity index (χ1) is 16.1. The highest BCUT2D eigenvalue weighted by Gasteiger charge is 2.30. The van der Waals surface area contributed by atoms with Gasteiger partial charge in [-0.05, 0) is 62.1 Å². The number of nitrogens with one attached hydrogen (secondary N) is 1. The number of likely N-dealkylation sites (N-methyl/N-ethyl adjacent to an activating group) is 1. The van der Waals surface area contributed by atoms with E-state index in [0.29, 0.717) is 25.2 Å². The molecule has 0 aromatic heterocycles. The Labute approximate surface area is 201 Å². The smallest absolute Gasteiger partial charge is 0.338 e. The quantitative estimate of drug-likeness (QED) is 0.687. The van der Waals surface area contributed by atoms with Crippen molar-refractivity contribution in [1.82, 2.24) is 10.2 Å². The summed E-state index contributed by atoms with van der Waals surface area (Å²) in [5.41, 5.74) is 3.97. The van der Waals surface area contributed by atoms with Gasteiger partial charge in [0, 0.05) is 38.8 Å². The lowest BCUT2D eigenvalue weighted by Gasteiger charge is -2.37. The fourth-order valence-electron chi connectivity index (χ4n) is 4.53. The molecule has 1 saturated heterocycles. The van der Waals surface area contributed by atoms with Crippen LogP contribution in [0.25, 0.3) is 0 Å². The Morgan fingerprint density at radius 2 is 1.82 bits per heavy atom. The zero-order valence-electron chi connectivity index (χ0n) is 20.4. The van der Waals surface area contributed by atoms with Crippen LogP contribution in [0.15, 0.2) is 42.5 Å². The Hall–Kier alpha value is -3.19. The molecule has 1 N–H and O–H groups in total. The highest BCUT2D eigenvalue weighted by molar-refractivity contribution is 5.91. The van der Waals surface area contributed by atoms with E-state index in [2.05, 4.69) is 16.3 Å². The van der Waals surface area contributed by atoms with Crippen LogP contribution in [0.2, 0.25) is 0 Å². The number of esters is 1. The number of ether oxygens (including phenoxy) is 1. The summed E-state index contributed by atoms with van der Waals surface area (Å²) >= 11 is 0. The number of benzene rings is 2. The van der Waals surface area contributed by atoms with Crippen molar-refractivity contribution in [1.29, 1.82) is 0 Å². The van der Waals surface area contributed by atoms with E-state index in [-0.39, 0.29) is 24.1 Å². The summed E-state index contributed by atoms with van der Waals surface area (Å²) in [5.74, 6) is -0.180. The SMILES string of the molecule is CN1CCN(c2cccc3c2CCNC3C(=O)Cc2ccc(C(=O)OC(C)(C)C)cc2)CC1=O. The monoisotopic (exact) mass is 463 g/mol. The fourth-order valence-corrected chi connectivity index (χ4v) is 4.53. The predicted molar refractivity (Wildman–Crippen MR) is 131 cm³/mol. The van der Waals surface area contributed by atoms with Crippen LogP contribution in [0.1, 0.15) is 53.9 Å². The Morgan fingerprint density at radius 3 is 2.50 bits per heavy atom. The van der Waals surface area contributed by atoms with E-state index in [1.165, 1.54) is 0 Å². The highest BCUT2D eigenvalue weighted by atomic mass is 16.6. The average molecular weight is 464 g/mol. The number of carbonyl (C=O) groups excluding carboxylic acids is 3. The van der Waals surface area contributed by atoms with Gasteiger partial charge in [-0.2, -0.15) is 0 Å². The molecule has 34 heavy (non-hydrogen) atoms. The molecule has 2 aliphatic rings. The van der Waals surface area contributed by atoms with E-state index in [9.17, 15) is 14.4 Å². The fraction of sp³-hybridized carbons (Fsp3) is 0.444. The van der Waals surface area contributed by atoms with Gasteiger partial charge in [-0.15, -0.1) is 0 Å². The van der Waals surface area contributed by atoms with Crippen molar-refractivity contribution in [3.05, 3.63) is 64.7 Å². The number of anilines is 1. The predicted octanol–water partition coefficient (Wildman–Crippen LogP) is 2.92. The number of nitrogens with zero attached hydrogens (tertiary/aromatic N) is 2. The Kier molecular flexibility index (Phi) is 6.75. The number of ketones is 1. The van der Waals surface area contributed by atoms with Crippen molar-refractivity contribution in [2.75, 3.05) is 38.1 Å². The summed E-state index contributed by atoms with van der Waals surface area (Å²) in [6, 6.07) is 12.7. The van der Waals surface area contributed by atoms with Crippen molar-refractivity contribution in [2.45, 2.75) is 45.3 Å². The molecule has 1 fully saturated rings. The maximum atomic E-state index is 13.3. The van der Waals surface area contributed by atoms with Gasteiger partial charge in [-0.25, -0.2) is 4.79 Å². The van der Waals surface area contributed by atoms with Gasteiger partial charge in [0.25, 0.3) is 0 Å². The molecule has 1 atom stereocenters. The molecule has 7 heteroatoms. The molecular formula is C27H33N3O4. The number of hydrogen-bond acceptors (Lipinski definition) is 6. The number of amides is 1. The summed E-state index contributed by atoms with van der Waals surface area (Å²) < 4.78 is 5.41. The number of carbonyl (C=O) groups is 3. The molecule has 2 heterocycles. The van der Waals surface area contributed by atoms with E-state index in [1.807, 2.05) is 52.1 Å². The third-order valence-corrected chi connectivity index (χ3v) is 6.31. The second kappa shape index (κ2) is 9.58. The van der Waals surface area contributed by atoms with Gasteiger partial charge >= 0.3 is 5.97 Å². The minimum Gasteiger partial charge on any atom is -0.456 e. The number of Topliss-reactive ketones (excluding diaryl/α,β-unsaturated/α-hetero) is 1. The van der Waals surface area contributed by atoms with Crippen molar-refractivity contribution in [2.24, 2.45) is 0 Å². The largest absolute Gasteiger partial charge is 0.456 e. The van der Waals surface area contributed by atoms with Crippen LogP contribution in [-0.4, -0.2) is 61.4 Å². The van der Waals surface area contributed by atoms with Gasteiger partial charge in [0.1, 0.15) is 5.60 Å². The molecule has 2 aromatic rings. The topological polar surface area (TPSA) is 78.9 Å². The molecule has 180 valence electrons. The van der Waals surface area contributed by atoms with Gasteiger partial charge in [0.15, 0.2) is 5.78 Å². The summed E-state index contributed by atoms with van der Waals surface area (Å²) in [7, 11) is 1.83. The zero-order chi connectivity index (χ0) is 24.5. The second-order valence-electron chi connectivity index (χ2n) is 10.1. The zero-order valence-corrected chi connectivity index (χ0v) is 20.4. The van der Waals surface area contributed by atoms with Gasteiger partial charge in [-0.1, -0.05) is 24.3 Å². The Bertz CT molecular complexity index is 1090. The van der Waals surface area contributed by atoms with Crippen LogP contribution in [0.3, 0.4) is 0 Å². The van der Waals surface area contributed by atoms with Crippen molar-refractivity contribution in [3.63, 3.8) is 0 Å². The van der Waals surface area contributed by atoms with E-state index >= 15 is 0 Å². The Morgan fingerprint density at radius 1 is 1.09 bits per heavy atom. The first kappa shape index (κ1) is 24.0. The molecule has 0 bridgehead atoms. The van der Waals surface area contributed by atoms with Gasteiger partial charge < -0.3 is 19.9 Å². The van der Waals surface area contributed by atoms with Gasteiger partial charge in [-0.3, -0.25) is 9.59 Å². The number of rotatable bonds is 5. The lowest BCUT2D eigenvalue weighted by atomic mass is 9.88. The van der Waals surface area contributed by atoms with Crippen LogP contribution in [0.4, 0.5) is 5.69 Å². The van der Waals surface area contributed by atoms with E-state index in [4.69, 9.17) is 4.74 Å². The lowest BCUT2D eigenvalue weighted by molar-refractivity contribution is -0.129. The third-order valence-electron chi connectivity index (χ3n) is 6.31. The summed E-state index contributed by atoms with van der Waals surface area (Å²) in [6.07, 6.45) is 1.09. The van der Waals surface area contributed by atoms with Crippen LogP contribution in [0.5, 0.6) is 0 Å². The molecule has 0 saturated carbocycles. The molecule has 4 rings (SSSR count). The first-order valence-electron chi connectivity index (χ1n) is 11.8. The number of fused-ring (bicyclic) bond motifs is 1. The van der Waals surface area contributed by atoms with E-state index < -0.39 is 11.6 Å². The molecule has 1 unspecified atom stereocenters. The second-order valence-corrected chi connectivity index (χ2v) is 10.1. The van der Waals surface area contributed by atoms with Crippen molar-refractivity contribution in [3.8, 4) is 0 Å². The molecule has 2 aliphatic heterocycles. The van der Waals surface area contributed by atoms with Crippen LogP contribution in [-0.2, 0) is 27.2 Å². The molecule has 7 nitrogen and oxygen atoms in total. The normalized spacial score (nSPS) is 18.5. The maximum absolute atomic E-state index is 13.3. The number of hydrogen-bond donors (Lipinski definition) is 1. The lowest BCUT2D eigenvalue weighted by Crippen LogP contribution is -2.49. The maximum Gasteiger partial charge on any atom is 0.338 e. The number of piperazine rings is 1. The first-order valence-corrected chi connectivity index (χ1v) is 11.8. The van der Waals surface area contributed by atoms with Gasteiger partial charge in [0.2, 0.25) is 5.91 Å². The van der Waals surface area contributed by atoms with E-state index in [0.717, 1.165) is 35.3 Å². The van der Waals surface area contributed by atoms with Crippen LogP contribution in [0, 0.1) is 0 Å². The highest BCUT2D eigenvalue weighted by Crippen LogP contribution is 2.33. The third kappa shape index (κ3) is 5.30. The van der Waals surface area contributed by atoms with Crippen molar-refractivity contribution < 1.29 is 19.1 Å². The summed E-state index contributed by atoms with van der Waals surface area (Å²) in [6.45, 7) is 8.06. The molecule has 2 aromatic carbocycles.